The molecule has 0 fully saturated rings. The summed E-state index contributed by atoms with van der Waals surface area (Å²) in [5, 5.41) is 18.0. The van der Waals surface area contributed by atoms with Crippen LogP contribution in [0.25, 0.3) is 0 Å². The number of aromatic nitrogens is 1. The number of rotatable bonds is 3. The fourth-order valence-electron chi connectivity index (χ4n) is 0.990. The summed E-state index contributed by atoms with van der Waals surface area (Å²) in [4.78, 5) is 3.82. The molecule has 0 aliphatic carbocycles. The Morgan fingerprint density at radius 2 is 2.33 bits per heavy atom. The Morgan fingerprint density at radius 1 is 1.58 bits per heavy atom. The highest BCUT2D eigenvalue weighted by atomic mass is 16.3. The maximum absolute atomic E-state index is 9.42. The van der Waals surface area contributed by atoms with Crippen molar-refractivity contribution in [2.45, 2.75) is 12.5 Å². The maximum atomic E-state index is 9.42. The zero-order valence-corrected chi connectivity index (χ0v) is 6.64. The van der Waals surface area contributed by atoms with Crippen LogP contribution in [0.2, 0.25) is 0 Å². The summed E-state index contributed by atoms with van der Waals surface area (Å²) in [6.07, 6.45) is 1.13. The first-order chi connectivity index (χ1) is 5.75. The Morgan fingerprint density at radius 3 is 2.92 bits per heavy atom. The summed E-state index contributed by atoms with van der Waals surface area (Å²) in [6, 6.07) is 3.40. The molecule has 1 rings (SSSR count). The lowest BCUT2D eigenvalue weighted by molar-refractivity contribution is 0.134. The Kier molecular flexibility index (Phi) is 3.01. The highest BCUT2D eigenvalue weighted by molar-refractivity contribution is 5.39. The predicted octanol–water partition coefficient (Wildman–Crippen LogP) is 0.0796. The fourth-order valence-corrected chi connectivity index (χ4v) is 0.990. The lowest BCUT2D eigenvalue weighted by atomic mass is 10.1. The first-order valence-corrected chi connectivity index (χ1v) is 3.75. The molecule has 0 spiro atoms. The third-order valence-electron chi connectivity index (χ3n) is 1.63. The van der Waals surface area contributed by atoms with Gasteiger partial charge in [0, 0.05) is 24.8 Å². The van der Waals surface area contributed by atoms with Gasteiger partial charge in [-0.15, -0.1) is 0 Å². The quantitative estimate of drug-likeness (QED) is 0.597. The normalized spacial score (nSPS) is 12.8. The van der Waals surface area contributed by atoms with Gasteiger partial charge in [0.2, 0.25) is 0 Å². The molecule has 0 saturated carbocycles. The SMILES string of the molecule is Nc1ncccc1[C@@H](O)CCO. The van der Waals surface area contributed by atoms with Crippen LogP contribution >= 0.6 is 0 Å². The maximum Gasteiger partial charge on any atom is 0.129 e. The number of anilines is 1. The van der Waals surface area contributed by atoms with Gasteiger partial charge in [0.25, 0.3) is 0 Å². The molecule has 0 aliphatic rings. The van der Waals surface area contributed by atoms with Crippen LogP contribution in [0.15, 0.2) is 18.3 Å². The van der Waals surface area contributed by atoms with Gasteiger partial charge in [0.05, 0.1) is 6.10 Å². The van der Waals surface area contributed by atoms with E-state index in [2.05, 4.69) is 4.98 Å². The predicted molar refractivity (Wildman–Crippen MR) is 45.3 cm³/mol. The van der Waals surface area contributed by atoms with E-state index < -0.39 is 6.10 Å². The van der Waals surface area contributed by atoms with E-state index in [1.807, 2.05) is 0 Å². The molecule has 1 aromatic heterocycles. The van der Waals surface area contributed by atoms with E-state index >= 15 is 0 Å². The van der Waals surface area contributed by atoms with Crippen LogP contribution in [0.5, 0.6) is 0 Å². The van der Waals surface area contributed by atoms with Gasteiger partial charge < -0.3 is 15.9 Å². The van der Waals surface area contributed by atoms with E-state index in [1.165, 1.54) is 0 Å². The second-order valence-corrected chi connectivity index (χ2v) is 2.51. The third kappa shape index (κ3) is 1.93. The number of pyridine rings is 1. The van der Waals surface area contributed by atoms with Crippen molar-refractivity contribution in [1.82, 2.24) is 4.98 Å². The van der Waals surface area contributed by atoms with Gasteiger partial charge in [-0.25, -0.2) is 4.98 Å². The average Bonchev–Trinajstić information content (AvgIpc) is 2.05. The van der Waals surface area contributed by atoms with Gasteiger partial charge in [0.1, 0.15) is 5.82 Å². The summed E-state index contributed by atoms with van der Waals surface area (Å²) in [6.45, 7) is -0.0600. The molecule has 0 aromatic carbocycles. The molecule has 66 valence electrons. The topological polar surface area (TPSA) is 79.4 Å². The monoisotopic (exact) mass is 168 g/mol. The number of hydrogen-bond donors (Lipinski definition) is 3. The smallest absolute Gasteiger partial charge is 0.129 e. The zero-order chi connectivity index (χ0) is 8.97. The van der Waals surface area contributed by atoms with Gasteiger partial charge in [-0.3, -0.25) is 0 Å². The van der Waals surface area contributed by atoms with Gasteiger partial charge in [-0.05, 0) is 6.07 Å². The van der Waals surface area contributed by atoms with Crippen LogP contribution in [0.4, 0.5) is 5.82 Å². The van der Waals surface area contributed by atoms with Crippen LogP contribution in [-0.2, 0) is 0 Å². The second kappa shape index (κ2) is 4.04. The number of aliphatic hydroxyl groups excluding tert-OH is 2. The van der Waals surface area contributed by atoms with E-state index in [-0.39, 0.29) is 13.0 Å². The number of nitrogen functional groups attached to an aromatic ring is 1. The third-order valence-corrected chi connectivity index (χ3v) is 1.63. The number of nitrogens with two attached hydrogens (primary N) is 1. The number of aliphatic hydroxyl groups is 2. The van der Waals surface area contributed by atoms with Crippen LogP contribution in [0.3, 0.4) is 0 Å². The molecule has 1 heterocycles. The van der Waals surface area contributed by atoms with E-state index in [1.54, 1.807) is 18.3 Å². The molecule has 0 saturated heterocycles. The molecular formula is C8H12N2O2. The molecule has 4 N–H and O–H groups in total. The number of nitrogens with zero attached hydrogens (tertiary/aromatic N) is 1. The minimum Gasteiger partial charge on any atom is -0.396 e. The van der Waals surface area contributed by atoms with Crippen molar-refractivity contribution in [3.05, 3.63) is 23.9 Å². The van der Waals surface area contributed by atoms with Crippen molar-refractivity contribution in [3.8, 4) is 0 Å². The first-order valence-electron chi connectivity index (χ1n) is 3.75. The molecule has 1 atom stereocenters. The van der Waals surface area contributed by atoms with E-state index in [0.29, 0.717) is 11.4 Å². The van der Waals surface area contributed by atoms with Crippen LogP contribution in [0.1, 0.15) is 18.1 Å². The van der Waals surface area contributed by atoms with Crippen LogP contribution in [-0.4, -0.2) is 21.8 Å². The Labute approximate surface area is 70.7 Å². The van der Waals surface area contributed by atoms with Gasteiger partial charge in [0.15, 0.2) is 0 Å². The fraction of sp³-hybridized carbons (Fsp3) is 0.375. The molecule has 0 unspecified atom stereocenters. The minimum atomic E-state index is -0.719. The largest absolute Gasteiger partial charge is 0.396 e. The Hall–Kier alpha value is -1.13. The average molecular weight is 168 g/mol. The molecule has 4 heteroatoms. The standard InChI is InChI=1S/C8H12N2O2/c9-8-6(2-1-4-10-8)7(12)3-5-11/h1-2,4,7,11-12H,3,5H2,(H2,9,10)/t7-/m0/s1. The van der Waals surface area contributed by atoms with E-state index in [4.69, 9.17) is 10.8 Å². The van der Waals surface area contributed by atoms with Crippen molar-refractivity contribution >= 4 is 5.82 Å². The van der Waals surface area contributed by atoms with Crippen LogP contribution < -0.4 is 5.73 Å². The summed E-state index contributed by atoms with van der Waals surface area (Å²) in [5.74, 6) is 0.318. The Bertz CT molecular complexity index is 253. The molecular weight excluding hydrogens is 156 g/mol. The molecule has 1 aromatic rings. The molecule has 12 heavy (non-hydrogen) atoms. The second-order valence-electron chi connectivity index (χ2n) is 2.51. The first kappa shape index (κ1) is 8.96. The van der Waals surface area contributed by atoms with Crippen molar-refractivity contribution in [3.63, 3.8) is 0 Å². The highest BCUT2D eigenvalue weighted by Crippen LogP contribution is 2.19. The van der Waals surface area contributed by atoms with Crippen molar-refractivity contribution in [2.24, 2.45) is 0 Å². The lowest BCUT2D eigenvalue weighted by Crippen LogP contribution is -2.05. The van der Waals surface area contributed by atoms with Gasteiger partial charge in [-0.2, -0.15) is 0 Å². The molecule has 4 nitrogen and oxygen atoms in total. The minimum absolute atomic E-state index is 0.0600. The van der Waals surface area contributed by atoms with Crippen LogP contribution in [0, 0.1) is 0 Å². The molecule has 0 amide bonds. The van der Waals surface area contributed by atoms with Crippen molar-refractivity contribution in [2.75, 3.05) is 12.3 Å². The van der Waals surface area contributed by atoms with E-state index in [9.17, 15) is 5.11 Å². The molecule has 0 aliphatic heterocycles. The highest BCUT2D eigenvalue weighted by Gasteiger charge is 2.09. The summed E-state index contributed by atoms with van der Waals surface area (Å²) in [7, 11) is 0. The molecule has 0 radical (unpaired) electrons. The Balaban J connectivity index is 2.79. The number of hydrogen-bond acceptors (Lipinski definition) is 4. The molecule has 0 bridgehead atoms. The van der Waals surface area contributed by atoms with E-state index in [0.717, 1.165) is 0 Å². The van der Waals surface area contributed by atoms with Gasteiger partial charge >= 0.3 is 0 Å². The lowest BCUT2D eigenvalue weighted by Gasteiger charge is -2.10. The summed E-state index contributed by atoms with van der Waals surface area (Å²) >= 11 is 0. The summed E-state index contributed by atoms with van der Waals surface area (Å²) < 4.78 is 0. The summed E-state index contributed by atoms with van der Waals surface area (Å²) in [5.41, 5.74) is 6.07. The van der Waals surface area contributed by atoms with Gasteiger partial charge in [-0.1, -0.05) is 6.07 Å². The van der Waals surface area contributed by atoms with Crippen molar-refractivity contribution < 1.29 is 10.2 Å². The zero-order valence-electron chi connectivity index (χ0n) is 6.64. The van der Waals surface area contributed by atoms with Crippen molar-refractivity contribution in [1.29, 1.82) is 0 Å².